The summed E-state index contributed by atoms with van der Waals surface area (Å²) in [6.45, 7) is 0. The minimum absolute atomic E-state index is 0.575. The van der Waals surface area contributed by atoms with Gasteiger partial charge in [0.1, 0.15) is 0 Å². The van der Waals surface area contributed by atoms with Gasteiger partial charge in [0.2, 0.25) is 0 Å². The predicted octanol–water partition coefficient (Wildman–Crippen LogP) is 2.06. The minimum Gasteiger partial charge on any atom is -0.327 e. The molecule has 2 aliphatic rings. The molecule has 0 aliphatic heterocycles. The van der Waals surface area contributed by atoms with Crippen LogP contribution in [0.5, 0.6) is 0 Å². The van der Waals surface area contributed by atoms with Gasteiger partial charge in [0, 0.05) is 6.04 Å². The molecule has 1 nitrogen and oxygen atoms in total. The summed E-state index contributed by atoms with van der Waals surface area (Å²) in [7, 11) is 0. The van der Waals surface area contributed by atoms with Crippen LogP contribution in [0.15, 0.2) is 0 Å². The van der Waals surface area contributed by atoms with Crippen LogP contribution in [0.4, 0.5) is 0 Å². The number of rotatable bonds is 0. The van der Waals surface area contributed by atoms with E-state index in [0.717, 1.165) is 0 Å². The first-order valence-electron chi connectivity index (χ1n) is 4.59. The molecule has 10 heavy (non-hydrogen) atoms. The molecule has 0 amide bonds. The van der Waals surface area contributed by atoms with Crippen molar-refractivity contribution in [2.24, 2.45) is 11.1 Å². The quantitative estimate of drug-likeness (QED) is 0.546. The zero-order chi connectivity index (χ0) is 7.03. The molecule has 1 spiro atoms. The van der Waals surface area contributed by atoms with Crippen LogP contribution in [0.1, 0.15) is 44.9 Å². The van der Waals surface area contributed by atoms with Crippen LogP contribution in [0.25, 0.3) is 0 Å². The second-order valence-electron chi connectivity index (χ2n) is 4.09. The molecule has 2 aliphatic carbocycles. The average molecular weight is 139 g/mol. The molecule has 0 heterocycles. The summed E-state index contributed by atoms with van der Waals surface area (Å²) in [6, 6.07) is 0.575. The Morgan fingerprint density at radius 3 is 1.90 bits per heavy atom. The van der Waals surface area contributed by atoms with Gasteiger partial charge in [-0.25, -0.2) is 0 Å². The van der Waals surface area contributed by atoms with Crippen LogP contribution in [-0.2, 0) is 0 Å². The fourth-order valence-electron chi connectivity index (χ4n) is 2.39. The Morgan fingerprint density at radius 2 is 1.50 bits per heavy atom. The Kier molecular flexibility index (Phi) is 1.48. The molecule has 1 atom stereocenters. The molecular weight excluding hydrogens is 122 g/mol. The summed E-state index contributed by atoms with van der Waals surface area (Å²) in [5.74, 6) is 0. The fourth-order valence-corrected chi connectivity index (χ4v) is 2.39. The van der Waals surface area contributed by atoms with Gasteiger partial charge in [0.05, 0.1) is 0 Å². The molecular formula is C9H17N. The molecule has 58 valence electrons. The van der Waals surface area contributed by atoms with E-state index in [9.17, 15) is 0 Å². The van der Waals surface area contributed by atoms with E-state index in [1.807, 2.05) is 0 Å². The largest absolute Gasteiger partial charge is 0.327 e. The summed E-state index contributed by atoms with van der Waals surface area (Å²) in [6.07, 6.45) is 9.96. The number of hydrogen-bond donors (Lipinski definition) is 1. The molecule has 1 heteroatoms. The molecule has 0 bridgehead atoms. The lowest BCUT2D eigenvalue weighted by molar-refractivity contribution is 0.422. The number of hydrogen-bond acceptors (Lipinski definition) is 1. The van der Waals surface area contributed by atoms with E-state index in [1.165, 1.54) is 44.9 Å². The Morgan fingerprint density at radius 1 is 1.00 bits per heavy atom. The van der Waals surface area contributed by atoms with E-state index >= 15 is 0 Å². The van der Waals surface area contributed by atoms with Gasteiger partial charge in [-0.1, -0.05) is 25.7 Å². The molecule has 0 unspecified atom stereocenters. The normalized spacial score (nSPS) is 37.5. The SMILES string of the molecule is N[C@H]1CC12CCCCCC2. The molecule has 2 N–H and O–H groups in total. The monoisotopic (exact) mass is 139 g/mol. The number of nitrogens with two attached hydrogens (primary N) is 1. The maximum Gasteiger partial charge on any atom is 0.0102 e. The zero-order valence-corrected chi connectivity index (χ0v) is 6.60. The third-order valence-corrected chi connectivity index (χ3v) is 3.35. The second-order valence-corrected chi connectivity index (χ2v) is 4.09. The Labute approximate surface area is 63.0 Å². The zero-order valence-electron chi connectivity index (χ0n) is 6.60. The van der Waals surface area contributed by atoms with Gasteiger partial charge in [0.25, 0.3) is 0 Å². The summed E-state index contributed by atoms with van der Waals surface area (Å²) in [5.41, 5.74) is 6.55. The van der Waals surface area contributed by atoms with E-state index in [-0.39, 0.29) is 0 Å². The first-order valence-corrected chi connectivity index (χ1v) is 4.59. The van der Waals surface area contributed by atoms with Crippen LogP contribution < -0.4 is 5.73 Å². The van der Waals surface area contributed by atoms with Crippen molar-refractivity contribution in [1.82, 2.24) is 0 Å². The van der Waals surface area contributed by atoms with Crippen molar-refractivity contribution in [2.45, 2.75) is 51.0 Å². The van der Waals surface area contributed by atoms with E-state index in [1.54, 1.807) is 0 Å². The first kappa shape index (κ1) is 6.66. The lowest BCUT2D eigenvalue weighted by Gasteiger charge is -2.10. The molecule has 2 fully saturated rings. The van der Waals surface area contributed by atoms with Crippen molar-refractivity contribution >= 4 is 0 Å². The van der Waals surface area contributed by atoms with Crippen molar-refractivity contribution < 1.29 is 0 Å². The van der Waals surface area contributed by atoms with Crippen LogP contribution >= 0.6 is 0 Å². The van der Waals surface area contributed by atoms with Crippen molar-refractivity contribution in [3.05, 3.63) is 0 Å². The van der Waals surface area contributed by atoms with Crippen LogP contribution in [0.2, 0.25) is 0 Å². The molecule has 0 aromatic heterocycles. The summed E-state index contributed by atoms with van der Waals surface area (Å²) in [5, 5.41) is 0. The molecule has 2 saturated carbocycles. The predicted molar refractivity (Wildman–Crippen MR) is 42.7 cm³/mol. The highest BCUT2D eigenvalue weighted by Gasteiger charge is 2.50. The lowest BCUT2D eigenvalue weighted by Crippen LogP contribution is -2.12. The summed E-state index contributed by atoms with van der Waals surface area (Å²) in [4.78, 5) is 0. The molecule has 0 saturated heterocycles. The third-order valence-electron chi connectivity index (χ3n) is 3.35. The van der Waals surface area contributed by atoms with Gasteiger partial charge in [-0.3, -0.25) is 0 Å². The standard InChI is InChI=1S/C9H17N/c10-8-7-9(8)5-3-1-2-4-6-9/h8H,1-7,10H2/t8-/m0/s1. The van der Waals surface area contributed by atoms with Gasteiger partial charge in [-0.05, 0) is 24.7 Å². The van der Waals surface area contributed by atoms with E-state index in [2.05, 4.69) is 0 Å². The van der Waals surface area contributed by atoms with Crippen molar-refractivity contribution in [3.8, 4) is 0 Å². The molecule has 0 aromatic rings. The minimum atomic E-state index is 0.575. The maximum atomic E-state index is 5.90. The maximum absolute atomic E-state index is 5.90. The van der Waals surface area contributed by atoms with Crippen molar-refractivity contribution in [1.29, 1.82) is 0 Å². The van der Waals surface area contributed by atoms with Crippen molar-refractivity contribution in [3.63, 3.8) is 0 Å². The Balaban J connectivity index is 1.95. The highest BCUT2D eigenvalue weighted by molar-refractivity contribution is 5.05. The van der Waals surface area contributed by atoms with E-state index in [0.29, 0.717) is 11.5 Å². The van der Waals surface area contributed by atoms with E-state index in [4.69, 9.17) is 5.73 Å². The highest BCUT2D eigenvalue weighted by atomic mass is 14.8. The average Bonchev–Trinajstić information content (AvgIpc) is 2.60. The Bertz CT molecular complexity index is 123. The molecule has 0 aromatic carbocycles. The van der Waals surface area contributed by atoms with Crippen LogP contribution in [0.3, 0.4) is 0 Å². The smallest absolute Gasteiger partial charge is 0.0102 e. The van der Waals surface area contributed by atoms with Crippen LogP contribution in [0, 0.1) is 5.41 Å². The Hall–Kier alpha value is -0.0400. The van der Waals surface area contributed by atoms with Gasteiger partial charge in [-0.2, -0.15) is 0 Å². The van der Waals surface area contributed by atoms with E-state index < -0.39 is 0 Å². The van der Waals surface area contributed by atoms with Crippen LogP contribution in [-0.4, -0.2) is 6.04 Å². The van der Waals surface area contributed by atoms with Gasteiger partial charge < -0.3 is 5.73 Å². The van der Waals surface area contributed by atoms with Gasteiger partial charge in [-0.15, -0.1) is 0 Å². The fraction of sp³-hybridized carbons (Fsp3) is 1.00. The molecule has 0 radical (unpaired) electrons. The first-order chi connectivity index (χ1) is 4.83. The van der Waals surface area contributed by atoms with Gasteiger partial charge >= 0.3 is 0 Å². The van der Waals surface area contributed by atoms with Gasteiger partial charge in [0.15, 0.2) is 0 Å². The highest BCUT2D eigenvalue weighted by Crippen LogP contribution is 2.53. The lowest BCUT2D eigenvalue weighted by atomic mass is 9.96. The third kappa shape index (κ3) is 0.968. The topological polar surface area (TPSA) is 26.0 Å². The second kappa shape index (κ2) is 2.23. The van der Waals surface area contributed by atoms with Crippen molar-refractivity contribution in [2.75, 3.05) is 0 Å². The summed E-state index contributed by atoms with van der Waals surface area (Å²) < 4.78 is 0. The molecule has 2 rings (SSSR count). The summed E-state index contributed by atoms with van der Waals surface area (Å²) >= 11 is 0.